The number of piperazine rings is 2. The molecule has 19 heavy (non-hydrogen) atoms. The van der Waals surface area contributed by atoms with E-state index < -0.39 is 0 Å². The molecule has 0 aliphatic carbocycles. The molecule has 0 saturated carbocycles. The van der Waals surface area contributed by atoms with Crippen molar-refractivity contribution >= 4 is 11.8 Å². The molecule has 0 aromatic heterocycles. The molecule has 0 radical (unpaired) electrons. The fourth-order valence-corrected chi connectivity index (χ4v) is 3.15. The highest BCUT2D eigenvalue weighted by Crippen LogP contribution is 2.18. The van der Waals surface area contributed by atoms with E-state index >= 15 is 0 Å². The number of carbonyl (C=O) groups is 2. The Labute approximate surface area is 113 Å². The van der Waals surface area contributed by atoms with Crippen LogP contribution in [0.15, 0.2) is 0 Å². The minimum atomic E-state index is -0.337. The smallest absolute Gasteiger partial charge is 0.312 e. The molecule has 3 rings (SSSR count). The van der Waals surface area contributed by atoms with Crippen LogP contribution in [-0.2, 0) is 14.3 Å². The van der Waals surface area contributed by atoms with Crippen molar-refractivity contribution in [2.45, 2.75) is 31.4 Å². The zero-order valence-corrected chi connectivity index (χ0v) is 11.1. The Morgan fingerprint density at radius 2 is 2.21 bits per heavy atom. The van der Waals surface area contributed by atoms with Gasteiger partial charge in [-0.15, -0.1) is 0 Å². The number of hydrogen-bond acceptors (Lipinski definition) is 4. The molecule has 0 aromatic rings. The summed E-state index contributed by atoms with van der Waals surface area (Å²) in [6.45, 7) is 4.34. The molecular formula is C13H21N3O3. The van der Waals surface area contributed by atoms with Crippen molar-refractivity contribution in [2.75, 3.05) is 39.3 Å². The molecule has 6 heteroatoms. The van der Waals surface area contributed by atoms with E-state index in [9.17, 15) is 9.59 Å². The highest BCUT2D eigenvalue weighted by Gasteiger charge is 2.39. The molecule has 0 bridgehead atoms. The summed E-state index contributed by atoms with van der Waals surface area (Å²) in [7, 11) is 0. The predicted octanol–water partition coefficient (Wildman–Crippen LogP) is -0.802. The Bertz CT molecular complexity index is 368. The van der Waals surface area contributed by atoms with Crippen LogP contribution in [0.5, 0.6) is 0 Å². The highest BCUT2D eigenvalue weighted by molar-refractivity contribution is 6.35. The molecule has 3 aliphatic rings. The van der Waals surface area contributed by atoms with Gasteiger partial charge in [0.15, 0.2) is 0 Å². The zero-order valence-electron chi connectivity index (χ0n) is 11.1. The number of rotatable bonds is 3. The molecule has 2 unspecified atom stereocenters. The van der Waals surface area contributed by atoms with Crippen molar-refractivity contribution in [3.8, 4) is 0 Å². The Morgan fingerprint density at radius 3 is 3.00 bits per heavy atom. The molecule has 3 aliphatic heterocycles. The molecule has 3 heterocycles. The fraction of sp³-hybridized carbons (Fsp3) is 0.846. The Hall–Kier alpha value is -1.14. The summed E-state index contributed by atoms with van der Waals surface area (Å²) in [5.41, 5.74) is 0. The molecule has 3 fully saturated rings. The van der Waals surface area contributed by atoms with Gasteiger partial charge in [0.2, 0.25) is 0 Å². The molecule has 2 amide bonds. The number of amides is 2. The molecule has 2 atom stereocenters. The monoisotopic (exact) mass is 267 g/mol. The highest BCUT2D eigenvalue weighted by atomic mass is 16.5. The van der Waals surface area contributed by atoms with Gasteiger partial charge in [-0.25, -0.2) is 0 Å². The van der Waals surface area contributed by atoms with Crippen molar-refractivity contribution in [2.24, 2.45) is 0 Å². The van der Waals surface area contributed by atoms with Gasteiger partial charge in [-0.2, -0.15) is 0 Å². The topological polar surface area (TPSA) is 61.9 Å². The van der Waals surface area contributed by atoms with Crippen molar-refractivity contribution in [3.63, 3.8) is 0 Å². The van der Waals surface area contributed by atoms with Crippen LogP contribution in [0.1, 0.15) is 19.3 Å². The molecular weight excluding hydrogens is 246 g/mol. The minimum Gasteiger partial charge on any atom is -0.378 e. The summed E-state index contributed by atoms with van der Waals surface area (Å²) >= 11 is 0. The summed E-state index contributed by atoms with van der Waals surface area (Å²) < 4.78 is 5.57. The van der Waals surface area contributed by atoms with Gasteiger partial charge >= 0.3 is 11.8 Å². The van der Waals surface area contributed by atoms with E-state index in [0.717, 1.165) is 39.0 Å². The van der Waals surface area contributed by atoms with Crippen LogP contribution >= 0.6 is 0 Å². The molecule has 3 saturated heterocycles. The first kappa shape index (κ1) is 12.9. The number of carbonyl (C=O) groups excluding carboxylic acids is 2. The van der Waals surface area contributed by atoms with Gasteiger partial charge in [0.25, 0.3) is 0 Å². The summed E-state index contributed by atoms with van der Waals surface area (Å²) in [6, 6.07) is 0.142. The van der Waals surface area contributed by atoms with Crippen LogP contribution in [0.2, 0.25) is 0 Å². The Morgan fingerprint density at radius 1 is 1.32 bits per heavy atom. The Balaban J connectivity index is 1.58. The summed E-state index contributed by atoms with van der Waals surface area (Å²) in [6.07, 6.45) is 3.30. The lowest BCUT2D eigenvalue weighted by molar-refractivity contribution is -0.160. The van der Waals surface area contributed by atoms with Crippen LogP contribution < -0.4 is 5.32 Å². The van der Waals surface area contributed by atoms with E-state index in [0.29, 0.717) is 19.6 Å². The SMILES string of the molecule is O=C1C(=O)N2CCNCC2CN1CCC1CCCO1. The van der Waals surface area contributed by atoms with Crippen LogP contribution in [0, 0.1) is 0 Å². The van der Waals surface area contributed by atoms with Gasteiger partial charge in [0.1, 0.15) is 0 Å². The van der Waals surface area contributed by atoms with Crippen LogP contribution in [0.3, 0.4) is 0 Å². The van der Waals surface area contributed by atoms with Gasteiger partial charge in [-0.05, 0) is 19.3 Å². The van der Waals surface area contributed by atoms with E-state index in [-0.39, 0.29) is 24.0 Å². The Kier molecular flexibility index (Phi) is 3.70. The predicted molar refractivity (Wildman–Crippen MR) is 68.5 cm³/mol. The molecule has 6 nitrogen and oxygen atoms in total. The number of fused-ring (bicyclic) bond motifs is 1. The van der Waals surface area contributed by atoms with Crippen molar-refractivity contribution in [1.29, 1.82) is 0 Å². The first-order valence-electron chi connectivity index (χ1n) is 7.18. The van der Waals surface area contributed by atoms with Gasteiger partial charge < -0.3 is 19.9 Å². The second-order valence-electron chi connectivity index (χ2n) is 5.53. The maximum Gasteiger partial charge on any atom is 0.312 e. The third kappa shape index (κ3) is 2.60. The normalized spacial score (nSPS) is 31.8. The zero-order chi connectivity index (χ0) is 13.2. The van der Waals surface area contributed by atoms with E-state index in [1.807, 2.05) is 0 Å². The lowest BCUT2D eigenvalue weighted by atomic mass is 10.1. The second kappa shape index (κ2) is 5.46. The third-order valence-corrected chi connectivity index (χ3v) is 4.26. The van der Waals surface area contributed by atoms with Crippen molar-refractivity contribution in [1.82, 2.24) is 15.1 Å². The second-order valence-corrected chi connectivity index (χ2v) is 5.53. The average molecular weight is 267 g/mol. The quantitative estimate of drug-likeness (QED) is 0.680. The number of ether oxygens (including phenoxy) is 1. The minimum absolute atomic E-state index is 0.142. The van der Waals surface area contributed by atoms with Gasteiger partial charge in [-0.1, -0.05) is 0 Å². The van der Waals surface area contributed by atoms with Gasteiger partial charge in [-0.3, -0.25) is 9.59 Å². The summed E-state index contributed by atoms with van der Waals surface area (Å²) in [5, 5.41) is 3.28. The lowest BCUT2D eigenvalue weighted by Gasteiger charge is -2.43. The van der Waals surface area contributed by atoms with Crippen LogP contribution in [0.25, 0.3) is 0 Å². The van der Waals surface area contributed by atoms with Crippen LogP contribution in [-0.4, -0.2) is 73.1 Å². The molecule has 0 spiro atoms. The molecule has 1 N–H and O–H groups in total. The van der Waals surface area contributed by atoms with Gasteiger partial charge in [0.05, 0.1) is 12.1 Å². The van der Waals surface area contributed by atoms with Crippen LogP contribution in [0.4, 0.5) is 0 Å². The van der Waals surface area contributed by atoms with E-state index in [1.165, 1.54) is 0 Å². The summed E-state index contributed by atoms with van der Waals surface area (Å²) in [5.74, 6) is -0.666. The number of hydrogen-bond donors (Lipinski definition) is 1. The number of nitrogens with one attached hydrogen (secondary N) is 1. The fourth-order valence-electron chi connectivity index (χ4n) is 3.15. The third-order valence-electron chi connectivity index (χ3n) is 4.26. The maximum atomic E-state index is 12.1. The van der Waals surface area contributed by atoms with E-state index in [2.05, 4.69) is 5.32 Å². The summed E-state index contributed by atoms with van der Waals surface area (Å²) in [4.78, 5) is 27.5. The first-order valence-corrected chi connectivity index (χ1v) is 7.18. The molecule has 0 aromatic carbocycles. The first-order chi connectivity index (χ1) is 9.25. The van der Waals surface area contributed by atoms with Crippen molar-refractivity contribution in [3.05, 3.63) is 0 Å². The van der Waals surface area contributed by atoms with E-state index in [1.54, 1.807) is 9.80 Å². The maximum absolute atomic E-state index is 12.1. The average Bonchev–Trinajstić information content (AvgIpc) is 2.94. The number of nitrogens with zero attached hydrogens (tertiary/aromatic N) is 2. The lowest BCUT2D eigenvalue weighted by Crippen LogP contribution is -2.65. The largest absolute Gasteiger partial charge is 0.378 e. The molecule has 106 valence electrons. The van der Waals surface area contributed by atoms with Gasteiger partial charge in [0, 0.05) is 39.3 Å². The van der Waals surface area contributed by atoms with Crippen molar-refractivity contribution < 1.29 is 14.3 Å². The standard InChI is InChI=1S/C13H21N3O3/c17-12-13(18)16-6-4-14-8-10(16)9-15(12)5-3-11-2-1-7-19-11/h10-11,14H,1-9H2. The van der Waals surface area contributed by atoms with E-state index in [4.69, 9.17) is 4.74 Å².